The summed E-state index contributed by atoms with van der Waals surface area (Å²) < 4.78 is 0. The van der Waals surface area contributed by atoms with E-state index in [1.807, 2.05) is 6.07 Å². The number of anilines is 1. The molecule has 6 rings (SSSR count). The molecule has 0 atom stereocenters. The zero-order valence-electron chi connectivity index (χ0n) is 23.5. The number of aromatic nitrogens is 1. The van der Waals surface area contributed by atoms with Gasteiger partial charge in [0.25, 0.3) is 5.91 Å². The second-order valence-electron chi connectivity index (χ2n) is 11.7. The van der Waals surface area contributed by atoms with Gasteiger partial charge in [-0.05, 0) is 73.6 Å². The summed E-state index contributed by atoms with van der Waals surface area (Å²) in [6.07, 6.45) is 6.38. The average molecular weight is 550 g/mol. The highest BCUT2D eigenvalue weighted by atomic mass is 16.2. The number of amides is 2. The van der Waals surface area contributed by atoms with Gasteiger partial charge < -0.3 is 15.6 Å². The number of piperidine rings is 2. The minimum absolute atomic E-state index is 0.106. The van der Waals surface area contributed by atoms with Crippen LogP contribution in [0.3, 0.4) is 0 Å². The van der Waals surface area contributed by atoms with Crippen LogP contribution in [0.1, 0.15) is 57.5 Å². The number of primary amides is 1. The lowest BCUT2D eigenvalue weighted by molar-refractivity contribution is 0.0704. The van der Waals surface area contributed by atoms with Crippen molar-refractivity contribution in [2.75, 3.05) is 31.1 Å². The zero-order chi connectivity index (χ0) is 28.2. The number of rotatable bonds is 8. The summed E-state index contributed by atoms with van der Waals surface area (Å²) in [5, 5.41) is 2.88. The number of carbonyl (C=O) groups excluding carboxylic acids is 2. The van der Waals surface area contributed by atoms with Crippen molar-refractivity contribution in [2.24, 2.45) is 17.6 Å². The smallest absolute Gasteiger partial charge is 0.269 e. The van der Waals surface area contributed by atoms with Gasteiger partial charge >= 0.3 is 0 Å². The molecule has 0 saturated carbocycles. The normalized spacial score (nSPS) is 17.1. The van der Waals surface area contributed by atoms with E-state index in [1.54, 1.807) is 12.1 Å². The van der Waals surface area contributed by atoms with Crippen molar-refractivity contribution < 1.29 is 9.59 Å². The van der Waals surface area contributed by atoms with Crippen LogP contribution in [0.15, 0.2) is 78.9 Å². The van der Waals surface area contributed by atoms with E-state index in [1.165, 1.54) is 11.1 Å². The van der Waals surface area contributed by atoms with Crippen molar-refractivity contribution in [3.8, 4) is 0 Å². The van der Waals surface area contributed by atoms with E-state index in [0.717, 1.165) is 81.4 Å². The molecule has 1 aromatic heterocycles. The Morgan fingerprint density at radius 1 is 0.780 bits per heavy atom. The summed E-state index contributed by atoms with van der Waals surface area (Å²) in [5.41, 5.74) is 13.4. The summed E-state index contributed by atoms with van der Waals surface area (Å²) in [7, 11) is 0. The Morgan fingerprint density at radius 2 is 1.34 bits per heavy atom. The van der Waals surface area contributed by atoms with Crippen molar-refractivity contribution in [3.63, 3.8) is 0 Å². The Balaban J connectivity index is 1.16. The van der Waals surface area contributed by atoms with Gasteiger partial charge in [-0.1, -0.05) is 66.7 Å². The zero-order valence-corrected chi connectivity index (χ0v) is 23.5. The average Bonchev–Trinajstić information content (AvgIpc) is 3.39. The quantitative estimate of drug-likeness (QED) is 0.277. The van der Waals surface area contributed by atoms with Crippen LogP contribution < -0.4 is 16.1 Å². The summed E-state index contributed by atoms with van der Waals surface area (Å²) >= 11 is 0. The van der Waals surface area contributed by atoms with E-state index >= 15 is 0 Å². The molecule has 0 spiro atoms. The van der Waals surface area contributed by atoms with Crippen LogP contribution in [0.2, 0.25) is 0 Å². The molecule has 0 bridgehead atoms. The molecule has 7 nitrogen and oxygen atoms in total. The molecule has 3 aromatic carbocycles. The number of fused-ring (bicyclic) bond motifs is 1. The van der Waals surface area contributed by atoms with Crippen LogP contribution in [-0.2, 0) is 12.8 Å². The molecule has 212 valence electrons. The second-order valence-corrected chi connectivity index (χ2v) is 11.7. The SMILES string of the molecule is NC(=O)c1ccc2c(C(=O)NN3CCC(Cc4ccccc4)CC3)c(N3CCC(Cc4ccccc4)CC3)[nH]c2c1. The van der Waals surface area contributed by atoms with Gasteiger partial charge in [0.2, 0.25) is 5.91 Å². The van der Waals surface area contributed by atoms with Gasteiger partial charge in [-0.15, -0.1) is 0 Å². The third-order valence-corrected chi connectivity index (χ3v) is 8.83. The summed E-state index contributed by atoms with van der Waals surface area (Å²) in [4.78, 5) is 31.5. The first-order chi connectivity index (χ1) is 20.0. The lowest BCUT2D eigenvalue weighted by Gasteiger charge is -2.34. The molecule has 2 aliphatic rings. The number of nitrogens with zero attached hydrogens (tertiary/aromatic N) is 2. The van der Waals surface area contributed by atoms with Gasteiger partial charge in [0.15, 0.2) is 0 Å². The molecule has 3 heterocycles. The van der Waals surface area contributed by atoms with Gasteiger partial charge in [0.05, 0.1) is 5.56 Å². The predicted molar refractivity (Wildman–Crippen MR) is 164 cm³/mol. The number of hydrazine groups is 1. The van der Waals surface area contributed by atoms with Crippen LogP contribution in [0.5, 0.6) is 0 Å². The molecule has 2 fully saturated rings. The minimum Gasteiger partial charge on any atom is -0.366 e. The highest BCUT2D eigenvalue weighted by Crippen LogP contribution is 2.33. The van der Waals surface area contributed by atoms with E-state index in [4.69, 9.17) is 5.73 Å². The number of carbonyl (C=O) groups is 2. The van der Waals surface area contributed by atoms with Gasteiger partial charge in [-0.3, -0.25) is 15.0 Å². The molecule has 41 heavy (non-hydrogen) atoms. The van der Waals surface area contributed by atoms with Crippen LogP contribution in [-0.4, -0.2) is 48.0 Å². The van der Waals surface area contributed by atoms with Gasteiger partial charge in [-0.25, -0.2) is 5.01 Å². The first-order valence-electron chi connectivity index (χ1n) is 14.9. The van der Waals surface area contributed by atoms with E-state index < -0.39 is 5.91 Å². The predicted octanol–water partition coefficient (Wildman–Crippen LogP) is 5.33. The Hall–Kier alpha value is -4.10. The first kappa shape index (κ1) is 27.1. The third-order valence-electron chi connectivity index (χ3n) is 8.83. The van der Waals surface area contributed by atoms with Gasteiger partial charge in [0, 0.05) is 42.6 Å². The Bertz CT molecular complexity index is 1480. The molecule has 0 aliphatic carbocycles. The Labute approximate surface area is 241 Å². The molecular weight excluding hydrogens is 510 g/mol. The van der Waals surface area contributed by atoms with Crippen molar-refractivity contribution in [3.05, 3.63) is 101 Å². The van der Waals surface area contributed by atoms with Gasteiger partial charge in [0.1, 0.15) is 5.82 Å². The fraction of sp³-hybridized carbons (Fsp3) is 0.353. The maximum Gasteiger partial charge on any atom is 0.269 e. The molecule has 0 unspecified atom stereocenters. The van der Waals surface area contributed by atoms with Crippen LogP contribution in [0.25, 0.3) is 10.9 Å². The molecule has 7 heteroatoms. The lowest BCUT2D eigenvalue weighted by atomic mass is 9.90. The van der Waals surface area contributed by atoms with E-state index in [0.29, 0.717) is 23.0 Å². The molecule has 2 amide bonds. The number of hydrogen-bond acceptors (Lipinski definition) is 4. The van der Waals surface area contributed by atoms with Crippen molar-refractivity contribution in [1.29, 1.82) is 0 Å². The number of nitrogens with two attached hydrogens (primary N) is 1. The third kappa shape index (κ3) is 6.30. The van der Waals surface area contributed by atoms with E-state index in [2.05, 4.69) is 81.0 Å². The molecule has 4 aromatic rings. The number of nitrogens with one attached hydrogen (secondary N) is 2. The number of aromatic amines is 1. The van der Waals surface area contributed by atoms with Gasteiger partial charge in [-0.2, -0.15) is 0 Å². The molecule has 2 aliphatic heterocycles. The maximum atomic E-state index is 13.9. The number of benzene rings is 3. The molecule has 0 radical (unpaired) electrons. The minimum atomic E-state index is -0.478. The maximum absolute atomic E-state index is 13.9. The van der Waals surface area contributed by atoms with Crippen LogP contribution in [0, 0.1) is 11.8 Å². The highest BCUT2D eigenvalue weighted by Gasteiger charge is 2.29. The summed E-state index contributed by atoms with van der Waals surface area (Å²) in [6, 6.07) is 26.6. The second kappa shape index (κ2) is 12.2. The van der Waals surface area contributed by atoms with Crippen molar-refractivity contribution in [1.82, 2.24) is 15.4 Å². The standard InChI is InChI=1S/C34H39N5O2/c35-32(40)28-11-12-29-30(23-28)36-33(38-17-13-26(14-18-38)21-24-7-3-1-4-8-24)31(29)34(41)37-39-19-15-27(16-20-39)22-25-9-5-2-6-10-25/h1-12,23,26-27,36H,13-22H2,(H2,35,40)(H,37,41). The molecule has 4 N–H and O–H groups in total. The Morgan fingerprint density at radius 3 is 1.90 bits per heavy atom. The van der Waals surface area contributed by atoms with Crippen molar-refractivity contribution >= 4 is 28.5 Å². The Kier molecular flexibility index (Phi) is 8.05. The molecule has 2 saturated heterocycles. The lowest BCUT2D eigenvalue weighted by Crippen LogP contribution is -2.47. The number of hydrogen-bond donors (Lipinski definition) is 3. The van der Waals surface area contributed by atoms with E-state index in [9.17, 15) is 9.59 Å². The number of H-pyrrole nitrogens is 1. The summed E-state index contributed by atoms with van der Waals surface area (Å²) in [6.45, 7) is 3.41. The largest absolute Gasteiger partial charge is 0.366 e. The molecular formula is C34H39N5O2. The van der Waals surface area contributed by atoms with Crippen molar-refractivity contribution in [2.45, 2.75) is 38.5 Å². The first-order valence-corrected chi connectivity index (χ1v) is 14.9. The van der Waals surface area contributed by atoms with E-state index in [-0.39, 0.29) is 5.91 Å². The highest BCUT2D eigenvalue weighted by molar-refractivity contribution is 6.12. The van der Waals surface area contributed by atoms with Crippen LogP contribution >= 0.6 is 0 Å². The monoisotopic (exact) mass is 549 g/mol. The van der Waals surface area contributed by atoms with Crippen LogP contribution in [0.4, 0.5) is 5.82 Å². The fourth-order valence-corrected chi connectivity index (χ4v) is 6.51. The topological polar surface area (TPSA) is 94.5 Å². The summed E-state index contributed by atoms with van der Waals surface area (Å²) in [5.74, 6) is 1.49. The fourth-order valence-electron chi connectivity index (χ4n) is 6.51.